The average molecular weight is 285 g/mol. The zero-order valence-electron chi connectivity index (χ0n) is 12.3. The lowest BCUT2D eigenvalue weighted by molar-refractivity contribution is 0.0892. The Kier molecular flexibility index (Phi) is 3.49. The molecule has 0 saturated heterocycles. The zero-order chi connectivity index (χ0) is 14.9. The predicted octanol–water partition coefficient (Wildman–Crippen LogP) is 2.89. The number of hydrogen-bond acceptors (Lipinski definition) is 4. The van der Waals surface area contributed by atoms with Crippen molar-refractivity contribution in [2.24, 2.45) is 0 Å². The minimum atomic E-state index is -0.488. The molecule has 0 spiro atoms. The summed E-state index contributed by atoms with van der Waals surface area (Å²) in [5, 5.41) is 7.17. The number of nitrogens with one attached hydrogen (secondary N) is 1. The van der Waals surface area contributed by atoms with Crippen LogP contribution in [0.4, 0.5) is 0 Å². The molecule has 5 nitrogen and oxygen atoms in total. The molecular weight excluding hydrogens is 266 g/mol. The number of benzene rings is 1. The van der Waals surface area contributed by atoms with Gasteiger partial charge in [-0.2, -0.15) is 4.98 Å². The SMILES string of the molecule is Cc1cccc(C(=O)NC2(c3noc(C)n3)CCCC2)c1. The minimum Gasteiger partial charge on any atom is -0.340 e. The lowest BCUT2D eigenvalue weighted by Crippen LogP contribution is -2.44. The van der Waals surface area contributed by atoms with E-state index in [9.17, 15) is 4.79 Å². The highest BCUT2D eigenvalue weighted by Gasteiger charge is 2.41. The molecule has 2 aromatic rings. The van der Waals surface area contributed by atoms with Gasteiger partial charge in [0.2, 0.25) is 5.89 Å². The van der Waals surface area contributed by atoms with Crippen LogP contribution in [-0.4, -0.2) is 16.0 Å². The van der Waals surface area contributed by atoms with E-state index in [1.165, 1.54) is 0 Å². The fourth-order valence-corrected chi connectivity index (χ4v) is 2.95. The fraction of sp³-hybridized carbons (Fsp3) is 0.438. The molecule has 1 amide bonds. The maximum Gasteiger partial charge on any atom is 0.252 e. The minimum absolute atomic E-state index is 0.0805. The van der Waals surface area contributed by atoms with Gasteiger partial charge in [-0.1, -0.05) is 35.7 Å². The van der Waals surface area contributed by atoms with Crippen LogP contribution in [0.15, 0.2) is 28.8 Å². The third-order valence-electron chi connectivity index (χ3n) is 4.05. The first-order valence-corrected chi connectivity index (χ1v) is 7.29. The second-order valence-corrected chi connectivity index (χ2v) is 5.75. The first-order valence-electron chi connectivity index (χ1n) is 7.29. The molecule has 21 heavy (non-hydrogen) atoms. The molecule has 5 heteroatoms. The Labute approximate surface area is 123 Å². The molecule has 0 aliphatic heterocycles. The van der Waals surface area contributed by atoms with Crippen molar-refractivity contribution in [1.82, 2.24) is 15.5 Å². The Balaban J connectivity index is 1.87. The Morgan fingerprint density at radius 2 is 2.05 bits per heavy atom. The van der Waals surface area contributed by atoms with E-state index >= 15 is 0 Å². The second-order valence-electron chi connectivity index (χ2n) is 5.75. The van der Waals surface area contributed by atoms with E-state index in [-0.39, 0.29) is 5.91 Å². The molecule has 110 valence electrons. The van der Waals surface area contributed by atoms with Crippen molar-refractivity contribution in [1.29, 1.82) is 0 Å². The Morgan fingerprint density at radius 1 is 1.29 bits per heavy atom. The smallest absolute Gasteiger partial charge is 0.252 e. The molecule has 1 saturated carbocycles. The van der Waals surface area contributed by atoms with Gasteiger partial charge in [0, 0.05) is 12.5 Å². The topological polar surface area (TPSA) is 68.0 Å². The summed E-state index contributed by atoms with van der Waals surface area (Å²) < 4.78 is 5.10. The summed E-state index contributed by atoms with van der Waals surface area (Å²) in [4.78, 5) is 16.9. The summed E-state index contributed by atoms with van der Waals surface area (Å²) in [6.45, 7) is 3.74. The quantitative estimate of drug-likeness (QED) is 0.941. The van der Waals surface area contributed by atoms with Crippen LogP contribution in [0.2, 0.25) is 0 Å². The van der Waals surface area contributed by atoms with E-state index in [1.807, 2.05) is 31.2 Å². The van der Waals surface area contributed by atoms with Crippen LogP contribution in [0.25, 0.3) is 0 Å². The van der Waals surface area contributed by atoms with Crippen LogP contribution in [0.3, 0.4) is 0 Å². The van der Waals surface area contributed by atoms with Crippen LogP contribution in [-0.2, 0) is 5.54 Å². The summed E-state index contributed by atoms with van der Waals surface area (Å²) in [6.07, 6.45) is 3.82. The molecule has 1 aliphatic rings. The van der Waals surface area contributed by atoms with Gasteiger partial charge in [0.15, 0.2) is 5.82 Å². The van der Waals surface area contributed by atoms with E-state index in [4.69, 9.17) is 4.52 Å². The molecule has 1 N–H and O–H groups in total. The monoisotopic (exact) mass is 285 g/mol. The highest BCUT2D eigenvalue weighted by molar-refractivity contribution is 5.94. The molecule has 1 fully saturated rings. The number of hydrogen-bond donors (Lipinski definition) is 1. The molecule has 1 heterocycles. The second kappa shape index (κ2) is 5.31. The van der Waals surface area contributed by atoms with Crippen molar-refractivity contribution >= 4 is 5.91 Å². The lowest BCUT2D eigenvalue weighted by atomic mass is 9.95. The van der Waals surface area contributed by atoms with Crippen molar-refractivity contribution < 1.29 is 9.32 Å². The van der Waals surface area contributed by atoms with Crippen LogP contribution < -0.4 is 5.32 Å². The van der Waals surface area contributed by atoms with Crippen molar-refractivity contribution in [2.75, 3.05) is 0 Å². The molecule has 1 aromatic carbocycles. The molecule has 0 bridgehead atoms. The van der Waals surface area contributed by atoms with Gasteiger partial charge in [-0.25, -0.2) is 0 Å². The Morgan fingerprint density at radius 3 is 2.67 bits per heavy atom. The normalized spacial score (nSPS) is 16.9. The molecule has 0 unspecified atom stereocenters. The number of rotatable bonds is 3. The fourth-order valence-electron chi connectivity index (χ4n) is 2.95. The maximum absolute atomic E-state index is 12.5. The molecule has 3 rings (SSSR count). The zero-order valence-corrected chi connectivity index (χ0v) is 12.3. The van der Waals surface area contributed by atoms with Crippen LogP contribution >= 0.6 is 0 Å². The number of aromatic nitrogens is 2. The van der Waals surface area contributed by atoms with Gasteiger partial charge in [0.1, 0.15) is 5.54 Å². The third kappa shape index (κ3) is 2.68. The van der Waals surface area contributed by atoms with E-state index in [0.29, 0.717) is 17.3 Å². The van der Waals surface area contributed by atoms with Crippen molar-refractivity contribution in [3.05, 3.63) is 47.1 Å². The molecule has 1 aromatic heterocycles. The first kappa shape index (κ1) is 13.8. The molecule has 0 radical (unpaired) electrons. The van der Waals surface area contributed by atoms with E-state index in [1.54, 1.807) is 6.92 Å². The molecular formula is C16H19N3O2. The lowest BCUT2D eigenvalue weighted by Gasteiger charge is -2.26. The number of nitrogens with zero attached hydrogens (tertiary/aromatic N) is 2. The maximum atomic E-state index is 12.5. The van der Waals surface area contributed by atoms with Crippen LogP contribution in [0, 0.1) is 13.8 Å². The summed E-state index contributed by atoms with van der Waals surface area (Å²) in [5.74, 6) is 1.04. The summed E-state index contributed by atoms with van der Waals surface area (Å²) in [6, 6.07) is 7.58. The van der Waals surface area contributed by atoms with Crippen molar-refractivity contribution in [2.45, 2.75) is 45.1 Å². The van der Waals surface area contributed by atoms with Gasteiger partial charge >= 0.3 is 0 Å². The van der Waals surface area contributed by atoms with Gasteiger partial charge in [-0.3, -0.25) is 4.79 Å². The third-order valence-corrected chi connectivity index (χ3v) is 4.05. The summed E-state index contributed by atoms with van der Waals surface area (Å²) in [5.41, 5.74) is 1.25. The van der Waals surface area contributed by atoms with Gasteiger partial charge < -0.3 is 9.84 Å². The van der Waals surface area contributed by atoms with Crippen molar-refractivity contribution in [3.8, 4) is 0 Å². The van der Waals surface area contributed by atoms with E-state index in [0.717, 1.165) is 31.2 Å². The first-order chi connectivity index (χ1) is 10.1. The standard InChI is InChI=1S/C16H19N3O2/c1-11-6-5-7-13(10-11)14(20)18-16(8-3-4-9-16)15-17-12(2)21-19-15/h5-7,10H,3-4,8-9H2,1-2H3,(H,18,20). The molecule has 0 atom stereocenters. The number of carbonyl (C=O) groups excluding carboxylic acids is 1. The van der Waals surface area contributed by atoms with Gasteiger partial charge in [0.25, 0.3) is 5.91 Å². The number of carbonyl (C=O) groups is 1. The van der Waals surface area contributed by atoms with Gasteiger partial charge in [-0.05, 0) is 31.9 Å². The summed E-state index contributed by atoms with van der Waals surface area (Å²) in [7, 11) is 0. The number of amides is 1. The van der Waals surface area contributed by atoms with Gasteiger partial charge in [0.05, 0.1) is 0 Å². The van der Waals surface area contributed by atoms with E-state index < -0.39 is 5.54 Å². The van der Waals surface area contributed by atoms with Gasteiger partial charge in [-0.15, -0.1) is 0 Å². The predicted molar refractivity (Wildman–Crippen MR) is 77.8 cm³/mol. The summed E-state index contributed by atoms with van der Waals surface area (Å²) >= 11 is 0. The largest absolute Gasteiger partial charge is 0.340 e. The van der Waals surface area contributed by atoms with Crippen LogP contribution in [0.5, 0.6) is 0 Å². The van der Waals surface area contributed by atoms with Crippen LogP contribution in [0.1, 0.15) is 53.3 Å². The highest BCUT2D eigenvalue weighted by Crippen LogP contribution is 2.37. The van der Waals surface area contributed by atoms with E-state index in [2.05, 4.69) is 15.5 Å². The highest BCUT2D eigenvalue weighted by atomic mass is 16.5. The Bertz CT molecular complexity index is 657. The van der Waals surface area contributed by atoms with Crippen molar-refractivity contribution in [3.63, 3.8) is 0 Å². The average Bonchev–Trinajstić information content (AvgIpc) is 3.09. The molecule has 1 aliphatic carbocycles. The number of aryl methyl sites for hydroxylation is 2. The Hall–Kier alpha value is -2.17.